The van der Waals surface area contributed by atoms with Crippen LogP contribution in [-0.2, 0) is 18.0 Å². The van der Waals surface area contributed by atoms with Gasteiger partial charge in [0.05, 0.1) is 12.9 Å². The quantitative estimate of drug-likeness (QED) is 0.268. The van der Waals surface area contributed by atoms with Gasteiger partial charge in [-0.15, -0.1) is 0 Å². The molecule has 2 heterocycles. The normalized spacial score (nSPS) is 23.6. The maximum absolute atomic E-state index is 15.2. The van der Waals surface area contributed by atoms with Crippen molar-refractivity contribution in [3.05, 3.63) is 17.7 Å². The van der Waals surface area contributed by atoms with Crippen LogP contribution in [0.3, 0.4) is 0 Å². The molecule has 0 bridgehead atoms. The lowest BCUT2D eigenvalue weighted by molar-refractivity contribution is -0.0507. The van der Waals surface area contributed by atoms with Crippen molar-refractivity contribution in [3.8, 4) is 6.07 Å². The molecule has 1 aromatic heterocycles. The zero-order valence-electron chi connectivity index (χ0n) is 28.5. The minimum atomic E-state index is -2.46. The van der Waals surface area contributed by atoms with Crippen molar-refractivity contribution in [1.82, 2.24) is 9.55 Å². The molecule has 0 radical (unpaired) electrons. The molecule has 1 amide bonds. The van der Waals surface area contributed by atoms with Crippen molar-refractivity contribution in [2.75, 3.05) is 6.61 Å². The van der Waals surface area contributed by atoms with Crippen molar-refractivity contribution in [2.24, 2.45) is 5.73 Å². The summed E-state index contributed by atoms with van der Waals surface area (Å²) in [5.74, 6) is -0.923. The van der Waals surface area contributed by atoms with Gasteiger partial charge in [0.15, 0.2) is 36.9 Å². The van der Waals surface area contributed by atoms with Crippen LogP contribution < -0.4 is 5.73 Å². The molecule has 0 aliphatic carbocycles. The SMILES string of the molecule is CC(C)(C)[Si](C)(C)OC[C@H]1O[C@@H](n2cnc(C(N)=O)c2C(F)C#N)[C@H](O[Si](C)(C)C(C)(C)C)[C@@H]1O[Si](C)(C)C(C)(C)C. The van der Waals surface area contributed by atoms with E-state index >= 15 is 4.39 Å². The van der Waals surface area contributed by atoms with Gasteiger partial charge in [0.25, 0.3) is 5.91 Å². The number of hydrogen-bond donors (Lipinski definition) is 1. The Morgan fingerprint density at radius 3 is 1.83 bits per heavy atom. The second kappa shape index (κ2) is 12.2. The summed E-state index contributed by atoms with van der Waals surface area (Å²) in [4.78, 5) is 16.3. The molecule has 1 aliphatic heterocycles. The molecule has 1 saturated heterocycles. The molecule has 1 aromatic rings. The number of alkyl halides is 1. The van der Waals surface area contributed by atoms with Crippen LogP contribution in [0.2, 0.25) is 54.4 Å². The van der Waals surface area contributed by atoms with Crippen molar-refractivity contribution < 1.29 is 27.2 Å². The van der Waals surface area contributed by atoms with Crippen LogP contribution in [0.25, 0.3) is 0 Å². The monoisotopic (exact) mass is 642 g/mol. The lowest BCUT2D eigenvalue weighted by atomic mass is 10.1. The highest BCUT2D eigenvalue weighted by molar-refractivity contribution is 6.75. The maximum atomic E-state index is 15.2. The van der Waals surface area contributed by atoms with Crippen LogP contribution in [0.5, 0.6) is 0 Å². The number of halogens is 1. The van der Waals surface area contributed by atoms with Gasteiger partial charge in [-0.05, 0) is 54.4 Å². The molecule has 0 aromatic carbocycles. The van der Waals surface area contributed by atoms with E-state index in [9.17, 15) is 10.1 Å². The van der Waals surface area contributed by atoms with Crippen LogP contribution >= 0.6 is 0 Å². The minimum absolute atomic E-state index is 0.0278. The van der Waals surface area contributed by atoms with E-state index in [4.69, 9.17) is 23.7 Å². The van der Waals surface area contributed by atoms with E-state index in [2.05, 4.69) is 107 Å². The Labute approximate surface area is 256 Å². The summed E-state index contributed by atoms with van der Waals surface area (Å²) in [6.45, 7) is 32.7. The van der Waals surface area contributed by atoms with E-state index in [-0.39, 0.29) is 33.1 Å². The first kappa shape index (κ1) is 36.8. The molecule has 0 saturated carbocycles. The van der Waals surface area contributed by atoms with E-state index in [1.807, 2.05) is 0 Å². The van der Waals surface area contributed by atoms with Crippen molar-refractivity contribution in [2.45, 2.75) is 147 Å². The van der Waals surface area contributed by atoms with Gasteiger partial charge in [0, 0.05) is 0 Å². The topological polar surface area (TPSA) is 122 Å². The van der Waals surface area contributed by atoms with Gasteiger partial charge in [0.2, 0.25) is 6.17 Å². The Balaban J connectivity index is 2.78. The third kappa shape index (κ3) is 7.62. The number of nitrogens with zero attached hydrogens (tertiary/aromatic N) is 3. The first-order valence-corrected chi connectivity index (χ1v) is 23.5. The predicted molar refractivity (Wildman–Crippen MR) is 171 cm³/mol. The minimum Gasteiger partial charge on any atom is -0.414 e. The van der Waals surface area contributed by atoms with E-state index < -0.39 is 61.6 Å². The van der Waals surface area contributed by atoms with E-state index in [0.717, 1.165) is 0 Å². The average Bonchev–Trinajstić information content (AvgIpc) is 3.37. The fraction of sp³-hybridized carbons (Fsp3) is 0.828. The highest BCUT2D eigenvalue weighted by Crippen LogP contribution is 2.47. The molecular weight excluding hydrogens is 588 g/mol. The number of imidazole rings is 1. The smallest absolute Gasteiger partial charge is 0.269 e. The summed E-state index contributed by atoms with van der Waals surface area (Å²) in [7, 11) is -7.02. The Morgan fingerprint density at radius 1 is 0.976 bits per heavy atom. The average molecular weight is 643 g/mol. The number of primary amides is 1. The molecule has 1 aliphatic rings. The van der Waals surface area contributed by atoms with Crippen LogP contribution in [0.15, 0.2) is 6.33 Å². The summed E-state index contributed by atoms with van der Waals surface area (Å²) in [5.41, 5.74) is 5.00. The highest BCUT2D eigenvalue weighted by Gasteiger charge is 2.55. The van der Waals surface area contributed by atoms with E-state index in [1.54, 1.807) is 6.07 Å². The number of carbonyl (C=O) groups is 1. The lowest BCUT2D eigenvalue weighted by Gasteiger charge is -2.44. The Kier molecular flexibility index (Phi) is 10.7. The van der Waals surface area contributed by atoms with Gasteiger partial charge in [0.1, 0.15) is 30.1 Å². The number of nitriles is 1. The number of amides is 1. The molecule has 240 valence electrons. The molecule has 0 spiro atoms. The van der Waals surface area contributed by atoms with Crippen LogP contribution in [0.1, 0.15) is 90.9 Å². The van der Waals surface area contributed by atoms with Crippen LogP contribution in [0, 0.1) is 11.3 Å². The number of ether oxygens (including phenoxy) is 1. The number of aromatic nitrogens is 2. The third-order valence-electron chi connectivity index (χ3n) is 9.87. The summed E-state index contributed by atoms with van der Waals surface area (Å²) in [6.07, 6.45) is -3.55. The van der Waals surface area contributed by atoms with E-state index in [1.165, 1.54) is 10.9 Å². The molecule has 5 atom stereocenters. The Hall–Kier alpha value is -1.41. The third-order valence-corrected chi connectivity index (χ3v) is 23.3. The zero-order chi connectivity index (χ0) is 32.9. The molecule has 1 unspecified atom stereocenters. The Morgan fingerprint density at radius 2 is 1.43 bits per heavy atom. The second-order valence-electron chi connectivity index (χ2n) is 16.1. The van der Waals surface area contributed by atoms with Crippen LogP contribution in [-0.4, -0.2) is 65.3 Å². The molecular formula is C29H55FN4O5Si3. The number of hydrogen-bond acceptors (Lipinski definition) is 7. The lowest BCUT2D eigenvalue weighted by Crippen LogP contribution is -2.54. The van der Waals surface area contributed by atoms with Gasteiger partial charge < -0.3 is 28.3 Å². The molecule has 9 nitrogen and oxygen atoms in total. The van der Waals surface area contributed by atoms with Crippen molar-refractivity contribution in [3.63, 3.8) is 0 Å². The summed E-state index contributed by atoms with van der Waals surface area (Å²) < 4.78 is 44.1. The number of nitrogens with two attached hydrogens (primary N) is 1. The molecule has 1 fully saturated rings. The first-order valence-electron chi connectivity index (χ1n) is 14.7. The van der Waals surface area contributed by atoms with Gasteiger partial charge in [-0.3, -0.25) is 4.79 Å². The first-order chi connectivity index (χ1) is 18.7. The predicted octanol–water partition coefficient (Wildman–Crippen LogP) is 7.22. The standard InChI is InChI=1S/C29H55FN4O5Si3/c1-27(2,3)40(10,11)36-17-20-23(38-41(12,13)28(4,5)6)24(39-42(14,15)29(7,8)9)26(37-20)34-18-33-21(25(32)35)22(34)19(30)16-31/h18-20,23-24,26H,17H2,1-15H3,(H2,32,35)/t19?,20-,23-,24-,26-/m1/s1. The fourth-order valence-corrected chi connectivity index (χ4v) is 7.57. The summed E-state index contributed by atoms with van der Waals surface area (Å²) in [6, 6.07) is 1.59. The van der Waals surface area contributed by atoms with Gasteiger partial charge in [-0.2, -0.15) is 5.26 Å². The van der Waals surface area contributed by atoms with Crippen molar-refractivity contribution in [1.29, 1.82) is 5.26 Å². The largest absolute Gasteiger partial charge is 0.414 e. The fourth-order valence-electron chi connectivity index (χ4n) is 3.95. The second-order valence-corrected chi connectivity index (χ2v) is 30.4. The van der Waals surface area contributed by atoms with E-state index in [0.29, 0.717) is 0 Å². The molecule has 2 rings (SSSR count). The summed E-state index contributed by atoms with van der Waals surface area (Å²) in [5, 5.41) is 9.23. The zero-order valence-corrected chi connectivity index (χ0v) is 31.5. The molecule has 42 heavy (non-hydrogen) atoms. The van der Waals surface area contributed by atoms with Gasteiger partial charge >= 0.3 is 0 Å². The number of rotatable bonds is 10. The Bertz CT molecular complexity index is 1160. The number of carbonyl (C=O) groups excluding carboxylic acids is 1. The van der Waals surface area contributed by atoms with Crippen molar-refractivity contribution >= 4 is 30.9 Å². The van der Waals surface area contributed by atoms with Gasteiger partial charge in [-0.1, -0.05) is 62.3 Å². The van der Waals surface area contributed by atoms with Crippen LogP contribution in [0.4, 0.5) is 4.39 Å². The summed E-state index contributed by atoms with van der Waals surface area (Å²) >= 11 is 0. The molecule has 2 N–H and O–H groups in total. The maximum Gasteiger partial charge on any atom is 0.269 e. The molecule has 13 heteroatoms. The van der Waals surface area contributed by atoms with Gasteiger partial charge in [-0.25, -0.2) is 9.37 Å². The highest BCUT2D eigenvalue weighted by atomic mass is 28.4.